The predicted octanol–water partition coefficient (Wildman–Crippen LogP) is 1.13. The van der Waals surface area contributed by atoms with Gasteiger partial charge in [0.05, 0.1) is 6.10 Å². The Bertz CT molecular complexity index is 477. The number of rotatable bonds is 5. The Hall–Kier alpha value is -1.63. The molecule has 1 aromatic rings. The van der Waals surface area contributed by atoms with Crippen molar-refractivity contribution in [1.29, 1.82) is 0 Å². The lowest BCUT2D eigenvalue weighted by atomic mass is 10.3. The SMILES string of the molecule is CCNc1nc(N2CCCC2)nc(N2CCC(OC)C2)n1. The molecule has 0 amide bonds. The normalized spacial score (nSPS) is 22.1. The largest absolute Gasteiger partial charge is 0.380 e. The quantitative estimate of drug-likeness (QED) is 0.872. The smallest absolute Gasteiger partial charge is 0.232 e. The van der Waals surface area contributed by atoms with Crippen molar-refractivity contribution < 1.29 is 4.74 Å². The van der Waals surface area contributed by atoms with Gasteiger partial charge in [-0.05, 0) is 26.2 Å². The highest BCUT2D eigenvalue weighted by molar-refractivity contribution is 5.46. The molecule has 1 N–H and O–H groups in total. The molecule has 0 saturated carbocycles. The predicted molar refractivity (Wildman–Crippen MR) is 83.1 cm³/mol. The van der Waals surface area contributed by atoms with Crippen LogP contribution in [0, 0.1) is 0 Å². The first-order valence-electron chi connectivity index (χ1n) is 7.82. The van der Waals surface area contributed by atoms with Crippen LogP contribution < -0.4 is 15.1 Å². The van der Waals surface area contributed by atoms with Crippen molar-refractivity contribution in [2.75, 3.05) is 55.0 Å². The zero-order valence-corrected chi connectivity index (χ0v) is 12.9. The minimum atomic E-state index is 0.277. The third kappa shape index (κ3) is 3.18. The lowest BCUT2D eigenvalue weighted by Crippen LogP contribution is -2.27. The number of ether oxygens (including phenoxy) is 1. The summed E-state index contributed by atoms with van der Waals surface area (Å²) in [6.45, 7) is 6.73. The third-order valence-corrected chi connectivity index (χ3v) is 4.10. The monoisotopic (exact) mass is 292 g/mol. The van der Waals surface area contributed by atoms with Gasteiger partial charge in [-0.1, -0.05) is 0 Å². The Morgan fingerprint density at radius 1 is 1.10 bits per heavy atom. The van der Waals surface area contributed by atoms with E-state index in [0.717, 1.165) is 51.0 Å². The van der Waals surface area contributed by atoms with Gasteiger partial charge in [0.25, 0.3) is 0 Å². The maximum absolute atomic E-state index is 5.43. The summed E-state index contributed by atoms with van der Waals surface area (Å²) in [5.74, 6) is 2.24. The first-order valence-corrected chi connectivity index (χ1v) is 7.82. The van der Waals surface area contributed by atoms with Crippen molar-refractivity contribution in [2.45, 2.75) is 32.3 Å². The van der Waals surface area contributed by atoms with E-state index in [1.54, 1.807) is 7.11 Å². The van der Waals surface area contributed by atoms with E-state index >= 15 is 0 Å². The van der Waals surface area contributed by atoms with E-state index in [0.29, 0.717) is 5.95 Å². The average Bonchev–Trinajstić information content (AvgIpc) is 3.19. The molecular formula is C14H24N6O. The fourth-order valence-corrected chi connectivity index (χ4v) is 2.89. The van der Waals surface area contributed by atoms with Gasteiger partial charge in [-0.15, -0.1) is 0 Å². The van der Waals surface area contributed by atoms with Crippen LogP contribution in [0.15, 0.2) is 0 Å². The summed E-state index contributed by atoms with van der Waals surface area (Å²) < 4.78 is 5.43. The van der Waals surface area contributed by atoms with Crippen molar-refractivity contribution in [1.82, 2.24) is 15.0 Å². The van der Waals surface area contributed by atoms with E-state index in [9.17, 15) is 0 Å². The summed E-state index contributed by atoms with van der Waals surface area (Å²) in [6, 6.07) is 0. The second-order valence-corrected chi connectivity index (χ2v) is 5.58. The first-order chi connectivity index (χ1) is 10.3. The molecule has 1 aromatic heterocycles. The molecule has 116 valence electrons. The third-order valence-electron chi connectivity index (χ3n) is 4.10. The summed E-state index contributed by atoms with van der Waals surface area (Å²) in [5, 5.41) is 3.21. The molecule has 2 saturated heterocycles. The lowest BCUT2D eigenvalue weighted by Gasteiger charge is -2.21. The van der Waals surface area contributed by atoms with E-state index in [1.165, 1.54) is 12.8 Å². The summed E-state index contributed by atoms with van der Waals surface area (Å²) in [4.78, 5) is 18.2. The van der Waals surface area contributed by atoms with Gasteiger partial charge in [0.2, 0.25) is 17.8 Å². The van der Waals surface area contributed by atoms with Gasteiger partial charge in [0, 0.05) is 39.8 Å². The van der Waals surface area contributed by atoms with Crippen LogP contribution in [0.4, 0.5) is 17.8 Å². The highest BCUT2D eigenvalue weighted by atomic mass is 16.5. The van der Waals surface area contributed by atoms with Crippen LogP contribution in [-0.2, 0) is 4.74 Å². The number of nitrogens with zero attached hydrogens (tertiary/aromatic N) is 5. The fraction of sp³-hybridized carbons (Fsp3) is 0.786. The van der Waals surface area contributed by atoms with Gasteiger partial charge in [-0.3, -0.25) is 0 Å². The minimum Gasteiger partial charge on any atom is -0.380 e. The molecular weight excluding hydrogens is 268 g/mol. The molecule has 3 heterocycles. The summed E-state index contributed by atoms with van der Waals surface area (Å²) in [7, 11) is 1.77. The van der Waals surface area contributed by atoms with Crippen molar-refractivity contribution in [3.8, 4) is 0 Å². The van der Waals surface area contributed by atoms with E-state index in [1.807, 2.05) is 0 Å². The van der Waals surface area contributed by atoms with Crippen molar-refractivity contribution in [3.05, 3.63) is 0 Å². The summed E-state index contributed by atoms with van der Waals surface area (Å²) in [6.07, 6.45) is 3.73. The zero-order chi connectivity index (χ0) is 14.7. The Morgan fingerprint density at radius 3 is 2.43 bits per heavy atom. The molecule has 2 aliphatic heterocycles. The molecule has 0 aromatic carbocycles. The van der Waals surface area contributed by atoms with E-state index in [4.69, 9.17) is 4.74 Å². The molecule has 0 bridgehead atoms. The molecule has 7 heteroatoms. The van der Waals surface area contributed by atoms with Crippen molar-refractivity contribution >= 4 is 17.8 Å². The number of methoxy groups -OCH3 is 1. The second-order valence-electron chi connectivity index (χ2n) is 5.58. The van der Waals surface area contributed by atoms with Crippen LogP contribution in [0.3, 0.4) is 0 Å². The van der Waals surface area contributed by atoms with Crippen LogP contribution in [0.1, 0.15) is 26.2 Å². The molecule has 1 unspecified atom stereocenters. The Kier molecular flexibility index (Phi) is 4.38. The lowest BCUT2D eigenvalue weighted by molar-refractivity contribution is 0.121. The topological polar surface area (TPSA) is 66.4 Å². The molecule has 2 fully saturated rings. The van der Waals surface area contributed by atoms with Gasteiger partial charge in [-0.25, -0.2) is 0 Å². The number of anilines is 3. The van der Waals surface area contributed by atoms with Crippen LogP contribution in [-0.4, -0.2) is 60.9 Å². The molecule has 2 aliphatic rings. The van der Waals surface area contributed by atoms with Crippen molar-refractivity contribution in [2.24, 2.45) is 0 Å². The number of hydrogen-bond acceptors (Lipinski definition) is 7. The summed E-state index contributed by atoms with van der Waals surface area (Å²) in [5.41, 5.74) is 0. The van der Waals surface area contributed by atoms with Crippen molar-refractivity contribution in [3.63, 3.8) is 0 Å². The maximum atomic E-state index is 5.43. The van der Waals surface area contributed by atoms with Crippen LogP contribution >= 0.6 is 0 Å². The summed E-state index contributed by atoms with van der Waals surface area (Å²) >= 11 is 0. The van der Waals surface area contributed by atoms with E-state index < -0.39 is 0 Å². The Labute approximate surface area is 125 Å². The first kappa shape index (κ1) is 14.3. The highest BCUT2D eigenvalue weighted by Gasteiger charge is 2.26. The number of hydrogen-bond donors (Lipinski definition) is 1. The number of aromatic nitrogens is 3. The standard InChI is InChI=1S/C14H24N6O/c1-3-15-12-16-13(19-7-4-5-8-19)18-14(17-12)20-9-6-11(10-20)21-2/h11H,3-10H2,1-2H3,(H,15,16,17,18). The molecule has 1 atom stereocenters. The van der Waals surface area contributed by atoms with E-state index in [2.05, 4.69) is 37.0 Å². The Balaban J connectivity index is 1.84. The second kappa shape index (κ2) is 6.43. The minimum absolute atomic E-state index is 0.277. The highest BCUT2D eigenvalue weighted by Crippen LogP contribution is 2.23. The molecule has 21 heavy (non-hydrogen) atoms. The van der Waals surface area contributed by atoms with Gasteiger partial charge >= 0.3 is 0 Å². The number of nitrogens with one attached hydrogen (secondary N) is 1. The van der Waals surface area contributed by atoms with Gasteiger partial charge in [-0.2, -0.15) is 15.0 Å². The molecule has 0 aliphatic carbocycles. The van der Waals surface area contributed by atoms with Crippen LogP contribution in [0.25, 0.3) is 0 Å². The molecule has 3 rings (SSSR count). The fourth-order valence-electron chi connectivity index (χ4n) is 2.89. The molecule has 0 radical (unpaired) electrons. The Morgan fingerprint density at radius 2 is 1.81 bits per heavy atom. The van der Waals surface area contributed by atoms with Crippen LogP contribution in [0.2, 0.25) is 0 Å². The zero-order valence-electron chi connectivity index (χ0n) is 12.9. The van der Waals surface area contributed by atoms with Crippen LogP contribution in [0.5, 0.6) is 0 Å². The average molecular weight is 292 g/mol. The molecule has 7 nitrogen and oxygen atoms in total. The van der Waals surface area contributed by atoms with Gasteiger partial charge < -0.3 is 19.9 Å². The maximum Gasteiger partial charge on any atom is 0.232 e. The van der Waals surface area contributed by atoms with Gasteiger partial charge in [0.1, 0.15) is 0 Å². The molecule has 0 spiro atoms. The van der Waals surface area contributed by atoms with E-state index in [-0.39, 0.29) is 6.10 Å². The van der Waals surface area contributed by atoms with Gasteiger partial charge in [0.15, 0.2) is 0 Å².